The monoisotopic (exact) mass is 398 g/mol. The molecule has 3 aromatic carbocycles. The van der Waals surface area contributed by atoms with Gasteiger partial charge in [0.05, 0.1) is 17.7 Å². The molecule has 3 nitrogen and oxygen atoms in total. The van der Waals surface area contributed by atoms with Crippen LogP contribution in [0.1, 0.15) is 21.5 Å². The number of nitrogens with zero attached hydrogens (tertiary/aromatic N) is 1. The summed E-state index contributed by atoms with van der Waals surface area (Å²) < 4.78 is 53.6. The molecule has 0 saturated heterocycles. The zero-order valence-electron chi connectivity index (χ0n) is 14.9. The molecule has 0 aliphatic rings. The molecule has 29 heavy (non-hydrogen) atoms. The highest BCUT2D eigenvalue weighted by Crippen LogP contribution is 2.39. The molecule has 0 saturated carbocycles. The number of carbonyl (C=O) groups is 1. The molecule has 0 spiro atoms. The van der Waals surface area contributed by atoms with Crippen LogP contribution in [0, 0.1) is 12.4 Å². The molecule has 146 valence electrons. The van der Waals surface area contributed by atoms with Gasteiger partial charge in [-0.1, -0.05) is 54.6 Å². The van der Waals surface area contributed by atoms with E-state index in [4.69, 9.17) is 6.57 Å². The van der Waals surface area contributed by atoms with Crippen molar-refractivity contribution in [1.82, 2.24) is 5.32 Å². The minimum absolute atomic E-state index is 0.0644. The number of amides is 1. The van der Waals surface area contributed by atoms with Gasteiger partial charge in [-0.05, 0) is 28.8 Å². The largest absolute Gasteiger partial charge is 0.407 e. The van der Waals surface area contributed by atoms with Crippen LogP contribution in [0.15, 0.2) is 66.7 Å². The average Bonchev–Trinajstić information content (AvgIpc) is 2.71. The predicted octanol–water partition coefficient (Wildman–Crippen LogP) is 5.99. The van der Waals surface area contributed by atoms with Gasteiger partial charge in [-0.3, -0.25) is 4.79 Å². The van der Waals surface area contributed by atoms with E-state index in [2.05, 4.69) is 10.2 Å². The van der Waals surface area contributed by atoms with Crippen molar-refractivity contribution in [3.8, 4) is 11.1 Å². The van der Waals surface area contributed by atoms with Gasteiger partial charge in [0.15, 0.2) is 5.69 Å². The Bertz CT molecular complexity index is 1090. The number of nitrogens with one attached hydrogen (secondary N) is 1. The van der Waals surface area contributed by atoms with Crippen LogP contribution in [0.5, 0.6) is 0 Å². The summed E-state index contributed by atoms with van der Waals surface area (Å²) in [5.74, 6) is -1.31. The molecule has 3 rings (SSSR count). The lowest BCUT2D eigenvalue weighted by molar-refractivity contribution is -0.136. The lowest BCUT2D eigenvalue weighted by atomic mass is 9.96. The fourth-order valence-electron chi connectivity index (χ4n) is 2.86. The SMILES string of the molecule is [C-]#[N+]c1ccc(-c2ccc(F)cc2C(=O)NCc2ccccc2)cc1C(F)(F)F. The first-order valence-corrected chi connectivity index (χ1v) is 8.50. The molecule has 1 N–H and O–H groups in total. The van der Waals surface area contributed by atoms with Crippen molar-refractivity contribution in [1.29, 1.82) is 0 Å². The molecule has 3 aromatic rings. The number of hydrogen-bond donors (Lipinski definition) is 1. The highest BCUT2D eigenvalue weighted by Gasteiger charge is 2.34. The van der Waals surface area contributed by atoms with E-state index in [9.17, 15) is 22.4 Å². The number of hydrogen-bond acceptors (Lipinski definition) is 1. The van der Waals surface area contributed by atoms with Crippen molar-refractivity contribution in [2.24, 2.45) is 0 Å². The molecule has 0 radical (unpaired) electrons. The first-order chi connectivity index (χ1) is 13.8. The van der Waals surface area contributed by atoms with Crippen LogP contribution in [0.2, 0.25) is 0 Å². The summed E-state index contributed by atoms with van der Waals surface area (Å²) in [7, 11) is 0. The van der Waals surface area contributed by atoms with E-state index in [0.29, 0.717) is 0 Å². The number of halogens is 4. The van der Waals surface area contributed by atoms with E-state index in [1.165, 1.54) is 12.1 Å². The molecule has 7 heteroatoms. The minimum atomic E-state index is -4.73. The Morgan fingerprint density at radius 3 is 2.38 bits per heavy atom. The van der Waals surface area contributed by atoms with E-state index in [0.717, 1.165) is 29.8 Å². The van der Waals surface area contributed by atoms with Gasteiger partial charge >= 0.3 is 6.18 Å². The van der Waals surface area contributed by atoms with Gasteiger partial charge in [0, 0.05) is 6.54 Å². The van der Waals surface area contributed by atoms with Crippen LogP contribution >= 0.6 is 0 Å². The second kappa shape index (κ2) is 8.15. The molecular formula is C22H14F4N2O. The topological polar surface area (TPSA) is 33.5 Å². The van der Waals surface area contributed by atoms with Gasteiger partial charge in [-0.15, -0.1) is 0 Å². The van der Waals surface area contributed by atoms with E-state index in [1.54, 1.807) is 24.3 Å². The third-order valence-electron chi connectivity index (χ3n) is 4.26. The normalized spacial score (nSPS) is 11.0. The van der Waals surface area contributed by atoms with E-state index in [-0.39, 0.29) is 23.2 Å². The third kappa shape index (κ3) is 4.61. The van der Waals surface area contributed by atoms with Crippen molar-refractivity contribution in [3.63, 3.8) is 0 Å². The summed E-state index contributed by atoms with van der Waals surface area (Å²) in [5.41, 5.74) is -0.721. The Morgan fingerprint density at radius 1 is 1.00 bits per heavy atom. The Labute approximate surface area is 164 Å². The smallest absolute Gasteiger partial charge is 0.348 e. The molecule has 0 fully saturated rings. The number of rotatable bonds is 4. The molecule has 0 aliphatic carbocycles. The molecule has 0 aromatic heterocycles. The van der Waals surface area contributed by atoms with Crippen molar-refractivity contribution in [3.05, 3.63) is 101 Å². The van der Waals surface area contributed by atoms with Crippen LogP contribution in [0.3, 0.4) is 0 Å². The van der Waals surface area contributed by atoms with Crippen molar-refractivity contribution in [2.45, 2.75) is 12.7 Å². The number of benzene rings is 3. The summed E-state index contributed by atoms with van der Waals surface area (Å²) in [6.07, 6.45) is -4.73. The highest BCUT2D eigenvalue weighted by atomic mass is 19.4. The maximum Gasteiger partial charge on any atom is 0.407 e. The third-order valence-corrected chi connectivity index (χ3v) is 4.26. The molecule has 0 unspecified atom stereocenters. The van der Waals surface area contributed by atoms with Gasteiger partial charge in [0.25, 0.3) is 5.91 Å². The maximum atomic E-state index is 13.8. The zero-order chi connectivity index (χ0) is 21.0. The molecule has 1 amide bonds. The molecule has 0 heterocycles. The molecule has 0 atom stereocenters. The Balaban J connectivity index is 1.99. The van der Waals surface area contributed by atoms with Crippen LogP contribution in [-0.2, 0) is 12.7 Å². The second-order valence-electron chi connectivity index (χ2n) is 6.20. The van der Waals surface area contributed by atoms with Gasteiger partial charge in [0.1, 0.15) is 5.82 Å². The zero-order valence-corrected chi connectivity index (χ0v) is 14.9. The first-order valence-electron chi connectivity index (χ1n) is 8.50. The number of carbonyl (C=O) groups excluding carboxylic acids is 1. The Kier molecular flexibility index (Phi) is 5.64. The average molecular weight is 398 g/mol. The summed E-state index contributed by atoms with van der Waals surface area (Å²) in [4.78, 5) is 15.5. The Morgan fingerprint density at radius 2 is 1.72 bits per heavy atom. The summed E-state index contributed by atoms with van der Waals surface area (Å²) in [6, 6.07) is 15.5. The van der Waals surface area contributed by atoms with Crippen LogP contribution in [0.25, 0.3) is 16.0 Å². The lowest BCUT2D eigenvalue weighted by Crippen LogP contribution is -2.23. The number of alkyl halides is 3. The Hall–Kier alpha value is -3.66. The molecular weight excluding hydrogens is 384 g/mol. The van der Waals surface area contributed by atoms with Crippen molar-refractivity contribution < 1.29 is 22.4 Å². The summed E-state index contributed by atoms with van der Waals surface area (Å²) >= 11 is 0. The van der Waals surface area contributed by atoms with Gasteiger partial charge < -0.3 is 5.32 Å². The quantitative estimate of drug-likeness (QED) is 0.425. The van der Waals surface area contributed by atoms with E-state index in [1.807, 2.05) is 6.07 Å². The van der Waals surface area contributed by atoms with Gasteiger partial charge in [-0.2, -0.15) is 13.2 Å². The standard InChI is InChI=1S/C22H14F4N2O/c1-27-20-10-7-15(11-19(20)22(24,25)26)17-9-8-16(23)12-18(17)21(29)28-13-14-5-3-2-4-6-14/h2-12H,13H2,(H,28,29). The van der Waals surface area contributed by atoms with Crippen molar-refractivity contribution in [2.75, 3.05) is 0 Å². The van der Waals surface area contributed by atoms with Gasteiger partial charge in [-0.25, -0.2) is 9.24 Å². The van der Waals surface area contributed by atoms with Gasteiger partial charge in [0.2, 0.25) is 0 Å². The van der Waals surface area contributed by atoms with E-state index < -0.39 is 29.2 Å². The first kappa shape index (κ1) is 20.1. The summed E-state index contributed by atoms with van der Waals surface area (Å²) in [6.45, 7) is 7.11. The molecule has 0 bridgehead atoms. The minimum Gasteiger partial charge on any atom is -0.348 e. The lowest BCUT2D eigenvalue weighted by Gasteiger charge is -2.14. The fourth-order valence-corrected chi connectivity index (χ4v) is 2.86. The van der Waals surface area contributed by atoms with E-state index >= 15 is 0 Å². The summed E-state index contributed by atoms with van der Waals surface area (Å²) in [5, 5.41) is 2.64. The fraction of sp³-hybridized carbons (Fsp3) is 0.0909. The predicted molar refractivity (Wildman–Crippen MR) is 101 cm³/mol. The highest BCUT2D eigenvalue weighted by molar-refractivity contribution is 6.01. The maximum absolute atomic E-state index is 13.8. The van der Waals surface area contributed by atoms with Crippen LogP contribution in [0.4, 0.5) is 23.2 Å². The van der Waals surface area contributed by atoms with Crippen LogP contribution in [-0.4, -0.2) is 5.91 Å². The molecule has 0 aliphatic heterocycles. The van der Waals surface area contributed by atoms with Crippen LogP contribution < -0.4 is 5.32 Å². The second-order valence-corrected chi connectivity index (χ2v) is 6.20. The van der Waals surface area contributed by atoms with Crippen molar-refractivity contribution >= 4 is 11.6 Å².